The highest BCUT2D eigenvalue weighted by Gasteiger charge is 2.34. The van der Waals surface area contributed by atoms with E-state index in [0.717, 1.165) is 103 Å². The molecule has 2 aliphatic rings. The molecule has 1 saturated heterocycles. The third-order valence-electron chi connectivity index (χ3n) is 13.3. The predicted molar refractivity (Wildman–Crippen MR) is 267 cm³/mol. The van der Waals surface area contributed by atoms with Crippen LogP contribution < -0.4 is 21.1 Å². The molecule has 1 unspecified atom stereocenters. The lowest BCUT2D eigenvalue weighted by molar-refractivity contribution is -0.122. The number of urea groups is 1. The van der Waals surface area contributed by atoms with Gasteiger partial charge in [0.25, 0.3) is 12.0 Å². The van der Waals surface area contributed by atoms with Crippen LogP contribution in [0, 0.1) is 5.41 Å². The Morgan fingerprint density at radius 2 is 1.65 bits per heavy atom. The van der Waals surface area contributed by atoms with Gasteiger partial charge in [0, 0.05) is 87.3 Å². The van der Waals surface area contributed by atoms with Crippen molar-refractivity contribution in [3.8, 4) is 22.9 Å². The van der Waals surface area contributed by atoms with E-state index in [1.807, 2.05) is 39.0 Å². The fourth-order valence-electron chi connectivity index (χ4n) is 9.42. The van der Waals surface area contributed by atoms with E-state index in [2.05, 4.69) is 53.4 Å². The quantitative estimate of drug-likeness (QED) is 0.0177. The lowest BCUT2D eigenvalue weighted by atomic mass is 9.87. The number of hydrogen-bond donors (Lipinski definition) is 6. The maximum atomic E-state index is 14.0. The number of pyridine rings is 2. The number of hydrogen-bond acceptors (Lipinski definition) is 12. The number of carboxylic acid groups (broad SMARTS) is 1. The Balaban J connectivity index is 0.00000247. The zero-order valence-corrected chi connectivity index (χ0v) is 40.1. The van der Waals surface area contributed by atoms with Crippen LogP contribution in [0.4, 0.5) is 16.2 Å². The largest absolute Gasteiger partial charge is 0.508 e. The molecule has 2 aromatic heterocycles. The fourth-order valence-corrected chi connectivity index (χ4v) is 9.42. The number of phenolic OH excluding ortho intramolecular Hbond substituents is 2. The summed E-state index contributed by atoms with van der Waals surface area (Å²) in [6.07, 6.45) is 4.80. The summed E-state index contributed by atoms with van der Waals surface area (Å²) in [5.74, 6) is -0.711. The number of nitrogens with one attached hydrogen (secondary N) is 1. The number of nitrogens with two attached hydrogens (primary N) is 1. The normalized spacial score (nSPS) is 14.4. The Kier molecular flexibility index (Phi) is 16.5. The van der Waals surface area contributed by atoms with Gasteiger partial charge in [-0.2, -0.15) is 0 Å². The van der Waals surface area contributed by atoms with E-state index in [9.17, 15) is 24.9 Å². The number of anilines is 2. The molecule has 5 aromatic rings. The summed E-state index contributed by atoms with van der Waals surface area (Å²) in [5, 5.41) is 49.1. The highest BCUT2D eigenvalue weighted by Crippen LogP contribution is 2.40. The van der Waals surface area contributed by atoms with Gasteiger partial charge in [-0.05, 0) is 97.3 Å². The van der Waals surface area contributed by atoms with Crippen LogP contribution in [0.3, 0.4) is 0 Å². The van der Waals surface area contributed by atoms with Crippen LogP contribution in [0.2, 0.25) is 0 Å². The number of carbonyl (C=O) groups excluding carboxylic acids is 1. The third-order valence-corrected chi connectivity index (χ3v) is 13.3. The number of amides is 2. The van der Waals surface area contributed by atoms with Crippen LogP contribution >= 0.6 is 0 Å². The van der Waals surface area contributed by atoms with Crippen LogP contribution in [0.15, 0.2) is 78.1 Å². The highest BCUT2D eigenvalue weighted by molar-refractivity contribution is 6.22. The molecule has 0 saturated carbocycles. The summed E-state index contributed by atoms with van der Waals surface area (Å²) in [4.78, 5) is 48.3. The average Bonchev–Trinajstić information content (AvgIpc) is 3.69. The third kappa shape index (κ3) is 10.6. The molecule has 362 valence electrons. The number of benzene rings is 3. The predicted octanol–water partition coefficient (Wildman–Crippen LogP) is 7.10. The van der Waals surface area contributed by atoms with Gasteiger partial charge in [-0.25, -0.2) is 14.7 Å². The van der Waals surface area contributed by atoms with Crippen molar-refractivity contribution in [3.05, 3.63) is 123 Å². The molecule has 0 spiro atoms. The number of nitrogens with zero attached hydrogens (tertiary/aromatic N) is 6. The second-order valence-corrected chi connectivity index (χ2v) is 17.8. The first kappa shape index (κ1) is 50.8. The summed E-state index contributed by atoms with van der Waals surface area (Å²) in [7, 11) is 3.69. The molecule has 0 bridgehead atoms. The van der Waals surface area contributed by atoms with E-state index in [0.29, 0.717) is 41.0 Å². The Morgan fingerprint density at radius 1 is 0.985 bits per heavy atom. The number of phenols is 2. The van der Waals surface area contributed by atoms with Crippen LogP contribution in [0.25, 0.3) is 22.3 Å². The Bertz CT molecular complexity index is 2710. The minimum Gasteiger partial charge on any atom is -0.508 e. The monoisotopic (exact) mass is 931 g/mol. The summed E-state index contributed by atoms with van der Waals surface area (Å²) >= 11 is 0. The van der Waals surface area contributed by atoms with Gasteiger partial charge in [0.15, 0.2) is 0 Å². The minimum absolute atomic E-state index is 0.0607. The molecule has 2 amide bonds. The van der Waals surface area contributed by atoms with Gasteiger partial charge in [-0.15, -0.1) is 0 Å². The molecule has 2 aliphatic heterocycles. The van der Waals surface area contributed by atoms with E-state index in [1.165, 1.54) is 23.8 Å². The maximum Gasteiger partial charge on any atom is 0.325 e. The lowest BCUT2D eigenvalue weighted by Crippen LogP contribution is -2.46. The van der Waals surface area contributed by atoms with E-state index in [4.69, 9.17) is 30.8 Å². The van der Waals surface area contributed by atoms with Crippen LogP contribution in [0.5, 0.6) is 11.5 Å². The number of fused-ring (bicyclic) bond motifs is 4. The lowest BCUT2D eigenvalue weighted by Gasteiger charge is -2.35. The number of aryl methyl sites for hydroxylation is 1. The number of aromatic nitrogens is 2. The first-order valence-corrected chi connectivity index (χ1v) is 23.2. The molecule has 4 heterocycles. The highest BCUT2D eigenvalue weighted by atomic mass is 16.5. The van der Waals surface area contributed by atoms with Gasteiger partial charge < -0.3 is 45.3 Å². The summed E-state index contributed by atoms with van der Waals surface area (Å²) < 4.78 is 7.20. The summed E-state index contributed by atoms with van der Waals surface area (Å²) in [6.45, 7) is 18.5. The molecule has 7 rings (SSSR count). The molecule has 0 radical (unpaired) electrons. The van der Waals surface area contributed by atoms with Crippen LogP contribution in [0.1, 0.15) is 91.8 Å². The summed E-state index contributed by atoms with van der Waals surface area (Å²) in [6, 6.07) is 17.6. The molecule has 1 atom stereocenters. The van der Waals surface area contributed by atoms with E-state index >= 15 is 0 Å². The first-order chi connectivity index (χ1) is 32.5. The molecular weight excluding hydrogens is 865 g/mol. The second kappa shape index (κ2) is 22.0. The standard InChI is InChI=1S/C51H64N8O6.CH2O2/c1-8-36-38-25-35(17-18-43(38)54-47-40(36)30-58-44(47)27-42(51(64,9-2)10-3)41(31-65-7)49(58)62)55(6)19-11-12-20-56-21-23-57(24-22-56)29-33-13-15-34(16-14-33)59(50(53)63)48(52)39-26-37(32(4)5)45(60)28-46(39)61;2-1-3/h9,13-18,25-28,32,52,60-61,64H,2,8,10-12,19-24,29-31H2,1,3-7H3,(H2,53,63);1H,(H,2,3). The molecule has 3 aromatic carbocycles. The van der Waals surface area contributed by atoms with Crippen molar-refractivity contribution in [2.24, 2.45) is 5.73 Å². The van der Waals surface area contributed by atoms with Crippen molar-refractivity contribution in [3.63, 3.8) is 0 Å². The number of amidine groups is 1. The first-order valence-electron chi connectivity index (χ1n) is 23.2. The van der Waals surface area contributed by atoms with Crippen LogP contribution in [-0.2, 0) is 41.2 Å². The number of unbranched alkanes of at least 4 members (excludes halogenated alkanes) is 1. The van der Waals surface area contributed by atoms with E-state index in [-0.39, 0.29) is 47.5 Å². The fraction of sp³-hybridized carbons (Fsp3) is 0.404. The molecule has 0 aliphatic carbocycles. The van der Waals surface area contributed by atoms with Gasteiger partial charge in [-0.1, -0.05) is 52.5 Å². The molecular formula is C52H66N8O8. The molecule has 68 heavy (non-hydrogen) atoms. The van der Waals surface area contributed by atoms with Gasteiger partial charge >= 0.3 is 6.03 Å². The Labute approximate surface area is 398 Å². The SMILES string of the molecule is C=CC(O)(CC)c1cc2n(c(=O)c1COC)Cc1c-2nc2ccc(N(C)CCCCN3CCN(Cc4ccc(N(C(=N)c5cc(C(C)C)c(O)cc5O)C(N)=O)cc4)CC3)cc2c1CC.O=CO. The zero-order chi connectivity index (χ0) is 49.4. The van der Waals surface area contributed by atoms with Crippen molar-refractivity contribution < 1.29 is 34.8 Å². The number of aromatic hydroxyl groups is 2. The Morgan fingerprint density at radius 3 is 2.25 bits per heavy atom. The van der Waals surface area contributed by atoms with Crippen molar-refractivity contribution >= 4 is 40.6 Å². The van der Waals surface area contributed by atoms with Gasteiger partial charge in [0.1, 0.15) is 22.9 Å². The average molecular weight is 931 g/mol. The number of carbonyl (C=O) groups is 2. The minimum atomic E-state index is -1.36. The number of aliphatic hydroxyl groups is 1. The van der Waals surface area contributed by atoms with E-state index in [1.54, 1.807) is 23.8 Å². The van der Waals surface area contributed by atoms with Gasteiger partial charge in [0.2, 0.25) is 0 Å². The smallest absolute Gasteiger partial charge is 0.325 e. The molecule has 7 N–H and O–H groups in total. The molecule has 16 heteroatoms. The number of piperazine rings is 1. The van der Waals surface area contributed by atoms with Crippen LogP contribution in [-0.4, -0.2) is 112 Å². The number of rotatable bonds is 17. The molecule has 16 nitrogen and oxygen atoms in total. The topological polar surface area (TPSA) is 222 Å². The second-order valence-electron chi connectivity index (χ2n) is 17.8. The van der Waals surface area contributed by atoms with Gasteiger partial charge in [-0.3, -0.25) is 19.9 Å². The number of methoxy groups -OCH3 is 1. The van der Waals surface area contributed by atoms with Crippen molar-refractivity contribution in [1.29, 1.82) is 5.41 Å². The van der Waals surface area contributed by atoms with Crippen molar-refractivity contribution in [2.45, 2.75) is 84.6 Å². The number of primary amides is 1. The maximum absolute atomic E-state index is 14.0. The van der Waals surface area contributed by atoms with E-state index < -0.39 is 11.6 Å². The summed E-state index contributed by atoms with van der Waals surface area (Å²) in [5.41, 5.74) is 13.1. The Hall–Kier alpha value is -6.59. The van der Waals surface area contributed by atoms with Crippen molar-refractivity contribution in [2.75, 3.05) is 63.2 Å². The van der Waals surface area contributed by atoms with Gasteiger partial charge in [0.05, 0.1) is 41.3 Å². The molecule has 1 fully saturated rings. The van der Waals surface area contributed by atoms with Crippen molar-refractivity contribution in [1.82, 2.24) is 19.4 Å². The number of ether oxygens (including phenoxy) is 1. The zero-order valence-electron chi connectivity index (χ0n) is 40.1.